The molecule has 1 amide bonds. The molecule has 4 heteroatoms. The Hall–Kier alpha value is -2.62. The molecule has 0 aliphatic rings. The molecule has 108 valence electrons. The summed E-state index contributed by atoms with van der Waals surface area (Å²) < 4.78 is 0. The predicted octanol–water partition coefficient (Wildman–Crippen LogP) is 2.53. The Kier molecular flexibility index (Phi) is 4.72. The van der Waals surface area contributed by atoms with Gasteiger partial charge in [0.05, 0.1) is 0 Å². The van der Waals surface area contributed by atoms with E-state index in [0.717, 1.165) is 16.3 Å². The van der Waals surface area contributed by atoms with Crippen molar-refractivity contribution in [3.05, 3.63) is 60.2 Å². The van der Waals surface area contributed by atoms with Gasteiger partial charge in [0, 0.05) is 6.42 Å². The molecule has 0 aliphatic heterocycles. The molecule has 4 nitrogen and oxygen atoms in total. The van der Waals surface area contributed by atoms with Crippen molar-refractivity contribution >= 4 is 22.6 Å². The number of carboxylic acid groups (broad SMARTS) is 1. The first-order valence-corrected chi connectivity index (χ1v) is 6.74. The van der Waals surface area contributed by atoms with Crippen LogP contribution in [0.5, 0.6) is 0 Å². The number of fused-ring (bicyclic) bond motifs is 1. The average molecular weight is 283 g/mol. The minimum atomic E-state index is -1.04. The zero-order chi connectivity index (χ0) is 15.2. The lowest BCUT2D eigenvalue weighted by Gasteiger charge is -2.15. The highest BCUT2D eigenvalue weighted by Crippen LogP contribution is 2.19. The fourth-order valence-corrected chi connectivity index (χ4v) is 2.26. The van der Waals surface area contributed by atoms with E-state index in [4.69, 9.17) is 0 Å². The first-order chi connectivity index (χ1) is 10.1. The molecule has 2 N–H and O–H groups in total. The van der Waals surface area contributed by atoms with Gasteiger partial charge in [-0.15, -0.1) is 0 Å². The van der Waals surface area contributed by atoms with Crippen molar-refractivity contribution in [1.29, 1.82) is 0 Å². The van der Waals surface area contributed by atoms with Gasteiger partial charge >= 0.3 is 5.97 Å². The van der Waals surface area contributed by atoms with E-state index in [1.165, 1.54) is 6.08 Å². The third-order valence-corrected chi connectivity index (χ3v) is 3.24. The van der Waals surface area contributed by atoms with Gasteiger partial charge in [0.15, 0.2) is 0 Å². The van der Waals surface area contributed by atoms with Gasteiger partial charge in [-0.1, -0.05) is 48.5 Å². The Balaban J connectivity index is 2.27. The van der Waals surface area contributed by atoms with Crippen LogP contribution in [-0.2, 0) is 16.0 Å². The standard InChI is InChI=1S/C17H17NO3/c1-2-6-16(19)18-15(17(20)21)11-13-9-5-8-12-7-3-4-10-14(12)13/h2-10,15H,11H2,1H3,(H,18,19)(H,20,21)/t15-/m0/s1. The molecule has 0 heterocycles. The number of hydrogen-bond acceptors (Lipinski definition) is 2. The molecule has 0 bridgehead atoms. The van der Waals surface area contributed by atoms with E-state index in [1.54, 1.807) is 13.0 Å². The molecular weight excluding hydrogens is 266 g/mol. The first kappa shape index (κ1) is 14.8. The summed E-state index contributed by atoms with van der Waals surface area (Å²) in [5.41, 5.74) is 0.904. The lowest BCUT2D eigenvalue weighted by Crippen LogP contribution is -2.41. The summed E-state index contributed by atoms with van der Waals surface area (Å²) in [4.78, 5) is 22.9. The third kappa shape index (κ3) is 3.69. The normalized spacial score (nSPS) is 12.4. The van der Waals surface area contributed by atoms with Crippen LogP contribution in [-0.4, -0.2) is 23.0 Å². The number of amides is 1. The molecule has 1 atom stereocenters. The van der Waals surface area contributed by atoms with Gasteiger partial charge < -0.3 is 10.4 Å². The highest BCUT2D eigenvalue weighted by Gasteiger charge is 2.20. The van der Waals surface area contributed by atoms with Crippen LogP contribution in [0, 0.1) is 0 Å². The quantitative estimate of drug-likeness (QED) is 0.829. The van der Waals surface area contributed by atoms with Crippen molar-refractivity contribution in [2.45, 2.75) is 19.4 Å². The van der Waals surface area contributed by atoms with Crippen LogP contribution in [0.4, 0.5) is 0 Å². The fourth-order valence-electron chi connectivity index (χ4n) is 2.26. The van der Waals surface area contributed by atoms with Crippen molar-refractivity contribution in [1.82, 2.24) is 5.32 Å². The first-order valence-electron chi connectivity index (χ1n) is 6.74. The van der Waals surface area contributed by atoms with Crippen LogP contribution >= 0.6 is 0 Å². The number of nitrogens with one attached hydrogen (secondary N) is 1. The summed E-state index contributed by atoms with van der Waals surface area (Å²) in [6.07, 6.45) is 3.14. The second-order valence-electron chi connectivity index (χ2n) is 4.74. The fraction of sp³-hybridized carbons (Fsp3) is 0.176. The summed E-state index contributed by atoms with van der Waals surface area (Å²) in [5.74, 6) is -1.44. The number of allylic oxidation sites excluding steroid dienone is 1. The van der Waals surface area contributed by atoms with Crippen molar-refractivity contribution in [2.24, 2.45) is 0 Å². The van der Waals surface area contributed by atoms with Crippen LogP contribution < -0.4 is 5.32 Å². The number of carboxylic acids is 1. The molecule has 0 fully saturated rings. The molecule has 0 aliphatic carbocycles. The number of benzene rings is 2. The molecule has 0 spiro atoms. The average Bonchev–Trinajstić information content (AvgIpc) is 2.47. The maximum Gasteiger partial charge on any atom is 0.326 e. The molecule has 0 unspecified atom stereocenters. The van der Waals surface area contributed by atoms with E-state index in [1.807, 2.05) is 42.5 Å². The lowest BCUT2D eigenvalue weighted by atomic mass is 9.99. The number of hydrogen-bond donors (Lipinski definition) is 2. The van der Waals surface area contributed by atoms with Crippen molar-refractivity contribution in [3.8, 4) is 0 Å². The number of aliphatic carboxylic acids is 1. The van der Waals surface area contributed by atoms with Crippen LogP contribution in [0.3, 0.4) is 0 Å². The smallest absolute Gasteiger partial charge is 0.326 e. The molecule has 0 saturated heterocycles. The highest BCUT2D eigenvalue weighted by molar-refractivity contribution is 5.92. The Morgan fingerprint density at radius 1 is 1.19 bits per heavy atom. The Morgan fingerprint density at radius 3 is 2.62 bits per heavy atom. The maximum absolute atomic E-state index is 11.6. The van der Waals surface area contributed by atoms with Gasteiger partial charge in [0.1, 0.15) is 6.04 Å². The van der Waals surface area contributed by atoms with Crippen molar-refractivity contribution < 1.29 is 14.7 Å². The van der Waals surface area contributed by atoms with E-state index in [-0.39, 0.29) is 6.42 Å². The van der Waals surface area contributed by atoms with Gasteiger partial charge in [0.2, 0.25) is 5.91 Å². The van der Waals surface area contributed by atoms with E-state index in [2.05, 4.69) is 5.32 Å². The minimum absolute atomic E-state index is 0.250. The van der Waals surface area contributed by atoms with Crippen LogP contribution in [0.1, 0.15) is 12.5 Å². The second kappa shape index (κ2) is 6.70. The van der Waals surface area contributed by atoms with Crippen LogP contribution in [0.15, 0.2) is 54.6 Å². The van der Waals surface area contributed by atoms with E-state index >= 15 is 0 Å². The molecule has 0 aromatic heterocycles. The van der Waals surface area contributed by atoms with E-state index < -0.39 is 17.9 Å². The predicted molar refractivity (Wildman–Crippen MR) is 82.0 cm³/mol. The zero-order valence-electron chi connectivity index (χ0n) is 11.7. The van der Waals surface area contributed by atoms with E-state index in [9.17, 15) is 14.7 Å². The third-order valence-electron chi connectivity index (χ3n) is 3.24. The minimum Gasteiger partial charge on any atom is -0.480 e. The van der Waals surface area contributed by atoms with Crippen LogP contribution in [0.25, 0.3) is 10.8 Å². The number of carbonyl (C=O) groups is 2. The van der Waals surface area contributed by atoms with Gasteiger partial charge in [-0.05, 0) is 29.3 Å². The Bertz CT molecular complexity index is 686. The van der Waals surface area contributed by atoms with Gasteiger partial charge in [0.25, 0.3) is 0 Å². The number of rotatable bonds is 5. The van der Waals surface area contributed by atoms with Gasteiger partial charge in [-0.2, -0.15) is 0 Å². The maximum atomic E-state index is 11.6. The zero-order valence-corrected chi connectivity index (χ0v) is 11.7. The molecule has 0 radical (unpaired) electrons. The van der Waals surface area contributed by atoms with Gasteiger partial charge in [-0.3, -0.25) is 4.79 Å². The monoisotopic (exact) mass is 283 g/mol. The lowest BCUT2D eigenvalue weighted by molar-refractivity contribution is -0.141. The molecule has 2 aromatic carbocycles. The summed E-state index contributed by atoms with van der Waals surface area (Å²) in [5, 5.41) is 13.9. The SMILES string of the molecule is CC=CC(=O)N[C@@H](Cc1cccc2ccccc12)C(=O)O. The summed E-state index contributed by atoms with van der Waals surface area (Å²) >= 11 is 0. The van der Waals surface area contributed by atoms with Gasteiger partial charge in [-0.25, -0.2) is 4.79 Å². The summed E-state index contributed by atoms with van der Waals surface area (Å²) in [6.45, 7) is 1.71. The van der Waals surface area contributed by atoms with Crippen molar-refractivity contribution in [3.63, 3.8) is 0 Å². The van der Waals surface area contributed by atoms with Crippen molar-refractivity contribution in [2.75, 3.05) is 0 Å². The highest BCUT2D eigenvalue weighted by atomic mass is 16.4. The molecule has 0 saturated carbocycles. The molecule has 2 rings (SSSR count). The molecule has 21 heavy (non-hydrogen) atoms. The Labute approximate surface area is 123 Å². The second-order valence-corrected chi connectivity index (χ2v) is 4.74. The van der Waals surface area contributed by atoms with E-state index in [0.29, 0.717) is 0 Å². The largest absolute Gasteiger partial charge is 0.480 e. The molecule has 2 aromatic rings. The number of carbonyl (C=O) groups excluding carboxylic acids is 1. The molecular formula is C17H17NO3. The summed E-state index contributed by atoms with van der Waals surface area (Å²) in [7, 11) is 0. The van der Waals surface area contributed by atoms with Crippen LogP contribution in [0.2, 0.25) is 0 Å². The Morgan fingerprint density at radius 2 is 1.90 bits per heavy atom. The summed E-state index contributed by atoms with van der Waals surface area (Å²) in [6, 6.07) is 12.6. The topological polar surface area (TPSA) is 66.4 Å².